The first-order valence-electron chi connectivity index (χ1n) is 11.6. The second-order valence-corrected chi connectivity index (χ2v) is 11.4. The van der Waals surface area contributed by atoms with Crippen molar-refractivity contribution < 1.29 is 9.53 Å². The molecule has 6 atom stereocenters. The molecule has 0 spiro atoms. The molecule has 0 radical (unpaired) electrons. The monoisotopic (exact) mass is 384 g/mol. The fourth-order valence-electron chi connectivity index (χ4n) is 8.67. The van der Waals surface area contributed by atoms with Gasteiger partial charge >= 0.3 is 5.97 Å². The van der Waals surface area contributed by atoms with Gasteiger partial charge in [-0.3, -0.25) is 4.79 Å². The molecule has 4 aliphatic rings. The Labute approximate surface area is 172 Å². The van der Waals surface area contributed by atoms with Crippen molar-refractivity contribution in [1.29, 1.82) is 0 Å². The van der Waals surface area contributed by atoms with Crippen molar-refractivity contribution in [1.82, 2.24) is 0 Å². The second-order valence-electron chi connectivity index (χ2n) is 11.4. The van der Waals surface area contributed by atoms with E-state index in [-0.39, 0.29) is 22.9 Å². The summed E-state index contributed by atoms with van der Waals surface area (Å²) in [6, 6.07) is 0. The van der Waals surface area contributed by atoms with Gasteiger partial charge in [0.25, 0.3) is 0 Å². The summed E-state index contributed by atoms with van der Waals surface area (Å²) in [7, 11) is 0. The highest BCUT2D eigenvalue weighted by molar-refractivity contribution is 5.66. The number of allylic oxidation sites excluding steroid dienone is 3. The number of fused-ring (bicyclic) bond motifs is 4. The van der Waals surface area contributed by atoms with Crippen LogP contribution in [0.15, 0.2) is 23.8 Å². The van der Waals surface area contributed by atoms with Gasteiger partial charge in [0, 0.05) is 12.3 Å². The van der Waals surface area contributed by atoms with Crippen molar-refractivity contribution in [2.24, 2.45) is 33.5 Å². The molecule has 0 heterocycles. The fraction of sp³-hybridized carbons (Fsp3) is 0.808. The molecule has 2 nitrogen and oxygen atoms in total. The van der Waals surface area contributed by atoms with E-state index in [9.17, 15) is 4.79 Å². The summed E-state index contributed by atoms with van der Waals surface area (Å²) in [6.07, 6.45) is 12.2. The zero-order valence-electron chi connectivity index (χ0n) is 19.0. The smallest absolute Gasteiger partial charge is 0.302 e. The van der Waals surface area contributed by atoms with Crippen LogP contribution in [0.4, 0.5) is 0 Å². The molecule has 0 aromatic rings. The predicted molar refractivity (Wildman–Crippen MR) is 115 cm³/mol. The molecule has 0 bridgehead atoms. The Kier molecular flexibility index (Phi) is 4.50. The Morgan fingerprint density at radius 1 is 1.04 bits per heavy atom. The Bertz CT molecular complexity index is 731. The highest BCUT2D eigenvalue weighted by Gasteiger charge is 2.63. The first-order chi connectivity index (χ1) is 13.0. The molecule has 0 aliphatic heterocycles. The van der Waals surface area contributed by atoms with Crippen LogP contribution in [0.3, 0.4) is 0 Å². The summed E-state index contributed by atoms with van der Waals surface area (Å²) in [5.41, 5.74) is 4.46. The zero-order valence-corrected chi connectivity index (χ0v) is 19.0. The molecule has 0 aromatic heterocycles. The van der Waals surface area contributed by atoms with E-state index in [4.69, 9.17) is 4.74 Å². The largest absolute Gasteiger partial charge is 0.462 e. The maximum Gasteiger partial charge on any atom is 0.302 e. The molecule has 0 N–H and O–H groups in total. The van der Waals surface area contributed by atoms with Gasteiger partial charge in [-0.25, -0.2) is 0 Å². The molecule has 2 fully saturated rings. The number of carbonyl (C=O) groups excluding carboxylic acids is 1. The van der Waals surface area contributed by atoms with Crippen molar-refractivity contribution in [3.05, 3.63) is 23.8 Å². The van der Waals surface area contributed by atoms with Crippen LogP contribution < -0.4 is 0 Å². The number of rotatable bonds is 2. The lowest BCUT2D eigenvalue weighted by Crippen LogP contribution is -2.55. The summed E-state index contributed by atoms with van der Waals surface area (Å²) in [5.74, 6) is 1.21. The van der Waals surface area contributed by atoms with Crippen LogP contribution in [0.25, 0.3) is 0 Å². The Morgan fingerprint density at radius 3 is 2.39 bits per heavy atom. The predicted octanol–water partition coefficient (Wildman–Crippen LogP) is 6.85. The van der Waals surface area contributed by atoms with Crippen LogP contribution in [0.2, 0.25) is 0 Å². The van der Waals surface area contributed by atoms with Crippen LogP contribution in [0, 0.1) is 33.5 Å². The van der Waals surface area contributed by atoms with Crippen molar-refractivity contribution in [2.45, 2.75) is 99.0 Å². The van der Waals surface area contributed by atoms with Crippen LogP contribution in [-0.4, -0.2) is 12.1 Å². The SMILES string of the molecule is C=C[C@@]12CCC3=C(CCC4C(C)(C)[C@@H](OC(C)=O)CC[C@]34C)[C@@]1(C)CC[C@H]2C. The third kappa shape index (κ3) is 2.36. The number of ether oxygens (including phenoxy) is 1. The van der Waals surface area contributed by atoms with E-state index in [2.05, 4.69) is 47.3 Å². The van der Waals surface area contributed by atoms with Gasteiger partial charge in [-0.1, -0.05) is 51.8 Å². The number of esters is 1. The van der Waals surface area contributed by atoms with Gasteiger partial charge in [0.05, 0.1) is 0 Å². The average molecular weight is 385 g/mol. The number of carbonyl (C=O) groups is 1. The fourth-order valence-corrected chi connectivity index (χ4v) is 8.67. The van der Waals surface area contributed by atoms with Crippen LogP contribution >= 0.6 is 0 Å². The van der Waals surface area contributed by atoms with E-state index < -0.39 is 0 Å². The molecule has 0 aromatic carbocycles. The summed E-state index contributed by atoms with van der Waals surface area (Å²) in [4.78, 5) is 11.7. The molecule has 4 aliphatic carbocycles. The third-order valence-corrected chi connectivity index (χ3v) is 10.3. The van der Waals surface area contributed by atoms with E-state index in [0.29, 0.717) is 16.7 Å². The molecule has 0 amide bonds. The lowest BCUT2D eigenvalue weighted by molar-refractivity contribution is -0.167. The highest BCUT2D eigenvalue weighted by atomic mass is 16.5. The molecule has 28 heavy (non-hydrogen) atoms. The Hall–Kier alpha value is -1.05. The van der Waals surface area contributed by atoms with Gasteiger partial charge in [-0.2, -0.15) is 0 Å². The summed E-state index contributed by atoms with van der Waals surface area (Å²) in [6.45, 7) is 18.2. The van der Waals surface area contributed by atoms with Crippen molar-refractivity contribution in [3.63, 3.8) is 0 Å². The van der Waals surface area contributed by atoms with E-state index in [1.165, 1.54) is 38.5 Å². The first kappa shape index (κ1) is 20.2. The number of hydrogen-bond acceptors (Lipinski definition) is 2. The lowest BCUT2D eigenvalue weighted by Gasteiger charge is -2.62. The second kappa shape index (κ2) is 6.22. The van der Waals surface area contributed by atoms with Gasteiger partial charge < -0.3 is 4.74 Å². The average Bonchev–Trinajstić information content (AvgIpc) is 2.89. The summed E-state index contributed by atoms with van der Waals surface area (Å²) < 4.78 is 5.80. The van der Waals surface area contributed by atoms with E-state index in [1.54, 1.807) is 18.1 Å². The molecule has 2 heteroatoms. The zero-order chi connectivity index (χ0) is 20.5. The van der Waals surface area contributed by atoms with Crippen LogP contribution in [0.5, 0.6) is 0 Å². The number of hydrogen-bond donors (Lipinski definition) is 0. The van der Waals surface area contributed by atoms with Gasteiger partial charge in [0.15, 0.2) is 0 Å². The standard InChI is InChI=1S/C26H40O2/c1-8-26-16-12-19-20(25(26,7)15-11-17(26)2)9-10-21-23(4,5)22(28-18(3)27)13-14-24(19,21)6/h8,17,21-22H,1,9-16H2,2-7H3/t17-,21?,22+,24-,25-,26+/m1/s1. The minimum atomic E-state index is -0.127. The molecule has 2 saturated carbocycles. The van der Waals surface area contributed by atoms with E-state index in [0.717, 1.165) is 18.8 Å². The first-order valence-corrected chi connectivity index (χ1v) is 11.6. The van der Waals surface area contributed by atoms with Crippen LogP contribution in [-0.2, 0) is 9.53 Å². The quantitative estimate of drug-likeness (QED) is 0.384. The Morgan fingerprint density at radius 2 is 1.75 bits per heavy atom. The topological polar surface area (TPSA) is 26.3 Å². The molecule has 1 unspecified atom stereocenters. The van der Waals surface area contributed by atoms with Crippen molar-refractivity contribution in [3.8, 4) is 0 Å². The van der Waals surface area contributed by atoms with Crippen molar-refractivity contribution >= 4 is 5.97 Å². The maximum atomic E-state index is 11.7. The Balaban J connectivity index is 1.76. The van der Waals surface area contributed by atoms with Crippen LogP contribution in [0.1, 0.15) is 92.9 Å². The lowest BCUT2D eigenvalue weighted by atomic mass is 9.43. The summed E-state index contributed by atoms with van der Waals surface area (Å²) in [5, 5.41) is 0. The molecular formula is C26H40O2. The summed E-state index contributed by atoms with van der Waals surface area (Å²) >= 11 is 0. The molecule has 4 rings (SSSR count). The van der Waals surface area contributed by atoms with E-state index >= 15 is 0 Å². The van der Waals surface area contributed by atoms with Gasteiger partial charge in [-0.15, -0.1) is 6.58 Å². The minimum Gasteiger partial charge on any atom is -0.462 e. The van der Waals surface area contributed by atoms with Gasteiger partial charge in [0.1, 0.15) is 6.10 Å². The van der Waals surface area contributed by atoms with Gasteiger partial charge in [0.2, 0.25) is 0 Å². The maximum absolute atomic E-state index is 11.7. The van der Waals surface area contributed by atoms with Gasteiger partial charge in [-0.05, 0) is 79.4 Å². The highest BCUT2D eigenvalue weighted by Crippen LogP contribution is 2.72. The van der Waals surface area contributed by atoms with E-state index in [1.807, 2.05) is 0 Å². The normalized spacial score (nSPS) is 47.0. The third-order valence-electron chi connectivity index (χ3n) is 10.3. The molecule has 156 valence electrons. The minimum absolute atomic E-state index is 0.0358. The molecular weight excluding hydrogens is 344 g/mol. The van der Waals surface area contributed by atoms with Crippen molar-refractivity contribution in [2.75, 3.05) is 0 Å². The molecule has 0 saturated heterocycles.